The van der Waals surface area contributed by atoms with Crippen LogP contribution in [0.5, 0.6) is 0 Å². The quantitative estimate of drug-likeness (QED) is 0.593. The molecular formula is C5H10O2S2. The number of rotatable bonds is 1. The van der Waals surface area contributed by atoms with Gasteiger partial charge in [-0.25, -0.2) is 4.21 Å². The van der Waals surface area contributed by atoms with Gasteiger partial charge in [0.05, 0.1) is 5.25 Å². The van der Waals surface area contributed by atoms with Gasteiger partial charge in [-0.15, -0.1) is 0 Å². The van der Waals surface area contributed by atoms with Crippen LogP contribution < -0.4 is 0 Å². The lowest BCUT2D eigenvalue weighted by atomic mass is 10.3. The SMILES string of the molecule is O=S(O)C1CCCSC1. The minimum atomic E-state index is -1.57. The molecule has 4 heteroatoms. The van der Waals surface area contributed by atoms with Crippen molar-refractivity contribution in [2.75, 3.05) is 11.5 Å². The fourth-order valence-corrected chi connectivity index (χ4v) is 2.96. The summed E-state index contributed by atoms with van der Waals surface area (Å²) in [7, 11) is 0. The largest absolute Gasteiger partial charge is 0.306 e. The van der Waals surface area contributed by atoms with E-state index in [0.717, 1.165) is 24.3 Å². The Morgan fingerprint density at radius 2 is 2.44 bits per heavy atom. The molecule has 0 bridgehead atoms. The molecule has 0 spiro atoms. The van der Waals surface area contributed by atoms with E-state index in [0.29, 0.717) is 0 Å². The summed E-state index contributed by atoms with van der Waals surface area (Å²) in [4.78, 5) is 0. The third-order valence-electron chi connectivity index (χ3n) is 1.40. The molecular weight excluding hydrogens is 156 g/mol. The molecule has 0 aromatic rings. The highest BCUT2D eigenvalue weighted by molar-refractivity contribution is 8.00. The molecule has 1 rings (SSSR count). The molecule has 0 aromatic heterocycles. The predicted octanol–water partition coefficient (Wildman–Crippen LogP) is 1.10. The van der Waals surface area contributed by atoms with Crippen LogP contribution in [0.2, 0.25) is 0 Å². The van der Waals surface area contributed by atoms with Gasteiger partial charge in [-0.1, -0.05) is 0 Å². The van der Waals surface area contributed by atoms with Crippen molar-refractivity contribution >= 4 is 22.8 Å². The first-order valence-corrected chi connectivity index (χ1v) is 5.30. The monoisotopic (exact) mass is 166 g/mol. The Kier molecular flexibility index (Phi) is 3.01. The zero-order chi connectivity index (χ0) is 6.69. The van der Waals surface area contributed by atoms with Crippen molar-refractivity contribution in [2.24, 2.45) is 0 Å². The van der Waals surface area contributed by atoms with Gasteiger partial charge < -0.3 is 4.55 Å². The van der Waals surface area contributed by atoms with E-state index >= 15 is 0 Å². The third kappa shape index (κ3) is 2.27. The average Bonchev–Trinajstić information content (AvgIpc) is 1.90. The summed E-state index contributed by atoms with van der Waals surface area (Å²) in [5, 5.41) is 0.0451. The van der Waals surface area contributed by atoms with E-state index in [1.807, 2.05) is 0 Å². The summed E-state index contributed by atoms with van der Waals surface area (Å²) in [6.07, 6.45) is 2.03. The van der Waals surface area contributed by atoms with Crippen molar-refractivity contribution in [1.29, 1.82) is 0 Å². The van der Waals surface area contributed by atoms with E-state index in [-0.39, 0.29) is 5.25 Å². The molecule has 2 nitrogen and oxygen atoms in total. The Labute approximate surface area is 61.7 Å². The van der Waals surface area contributed by atoms with Crippen molar-refractivity contribution in [3.05, 3.63) is 0 Å². The maximum atomic E-state index is 10.5. The van der Waals surface area contributed by atoms with Gasteiger partial charge in [0.1, 0.15) is 0 Å². The highest BCUT2D eigenvalue weighted by atomic mass is 32.2. The molecule has 54 valence electrons. The van der Waals surface area contributed by atoms with Gasteiger partial charge in [-0.2, -0.15) is 11.8 Å². The molecule has 1 N–H and O–H groups in total. The second kappa shape index (κ2) is 3.58. The summed E-state index contributed by atoms with van der Waals surface area (Å²) >= 11 is 0.205. The van der Waals surface area contributed by atoms with Crippen molar-refractivity contribution < 1.29 is 8.76 Å². The van der Waals surface area contributed by atoms with Gasteiger partial charge in [-0.3, -0.25) is 0 Å². The van der Waals surface area contributed by atoms with Crippen molar-refractivity contribution in [3.63, 3.8) is 0 Å². The fourth-order valence-electron chi connectivity index (χ4n) is 0.870. The van der Waals surface area contributed by atoms with Gasteiger partial charge in [0, 0.05) is 5.75 Å². The van der Waals surface area contributed by atoms with Crippen LogP contribution in [0.3, 0.4) is 0 Å². The summed E-state index contributed by atoms with van der Waals surface area (Å²) in [5.41, 5.74) is 0. The zero-order valence-electron chi connectivity index (χ0n) is 5.08. The normalized spacial score (nSPS) is 31.9. The van der Waals surface area contributed by atoms with E-state index in [1.54, 1.807) is 11.8 Å². The lowest BCUT2D eigenvalue weighted by Crippen LogP contribution is -2.21. The van der Waals surface area contributed by atoms with Gasteiger partial charge in [0.25, 0.3) is 0 Å². The molecule has 0 radical (unpaired) electrons. The lowest BCUT2D eigenvalue weighted by molar-refractivity contribution is 0.544. The molecule has 1 heterocycles. The molecule has 0 amide bonds. The van der Waals surface area contributed by atoms with Crippen LogP contribution in [0.4, 0.5) is 0 Å². The Morgan fingerprint density at radius 1 is 1.67 bits per heavy atom. The predicted molar refractivity (Wildman–Crippen MR) is 41.1 cm³/mol. The topological polar surface area (TPSA) is 37.3 Å². The van der Waals surface area contributed by atoms with Crippen LogP contribution in [0.15, 0.2) is 0 Å². The Bertz CT molecular complexity index is 110. The van der Waals surface area contributed by atoms with E-state index in [9.17, 15) is 4.21 Å². The molecule has 0 saturated carbocycles. The van der Waals surface area contributed by atoms with Crippen molar-refractivity contribution in [1.82, 2.24) is 0 Å². The fraction of sp³-hybridized carbons (Fsp3) is 1.00. The van der Waals surface area contributed by atoms with Crippen molar-refractivity contribution in [2.45, 2.75) is 18.1 Å². The van der Waals surface area contributed by atoms with Crippen LogP contribution in [0.1, 0.15) is 12.8 Å². The molecule has 1 fully saturated rings. The third-order valence-corrected chi connectivity index (χ3v) is 3.80. The first-order chi connectivity index (χ1) is 4.30. The molecule has 1 aliphatic heterocycles. The minimum Gasteiger partial charge on any atom is -0.306 e. The summed E-state index contributed by atoms with van der Waals surface area (Å²) in [5.74, 6) is 2.02. The smallest absolute Gasteiger partial charge is 0.156 e. The second-order valence-corrected chi connectivity index (χ2v) is 4.48. The molecule has 1 saturated heterocycles. The van der Waals surface area contributed by atoms with Crippen LogP contribution in [-0.2, 0) is 11.1 Å². The van der Waals surface area contributed by atoms with Crippen LogP contribution in [0.25, 0.3) is 0 Å². The number of hydrogen-bond acceptors (Lipinski definition) is 2. The Hall–Kier alpha value is 0.460. The highest BCUT2D eigenvalue weighted by Crippen LogP contribution is 2.19. The van der Waals surface area contributed by atoms with Gasteiger partial charge in [0.15, 0.2) is 11.1 Å². The average molecular weight is 166 g/mol. The molecule has 2 atom stereocenters. The molecule has 1 aliphatic rings. The maximum Gasteiger partial charge on any atom is 0.156 e. The van der Waals surface area contributed by atoms with Gasteiger partial charge in [-0.05, 0) is 18.6 Å². The van der Waals surface area contributed by atoms with Gasteiger partial charge >= 0.3 is 0 Å². The zero-order valence-corrected chi connectivity index (χ0v) is 6.71. The first-order valence-electron chi connectivity index (χ1n) is 2.98. The summed E-state index contributed by atoms with van der Waals surface area (Å²) in [6.45, 7) is 0. The molecule has 9 heavy (non-hydrogen) atoms. The molecule has 0 aliphatic carbocycles. The Balaban J connectivity index is 2.31. The standard InChI is InChI=1S/C5H10O2S2/c6-9(7)5-2-1-3-8-4-5/h5H,1-4H2,(H,6,7). The first kappa shape index (κ1) is 7.57. The number of thioether (sulfide) groups is 1. The van der Waals surface area contributed by atoms with E-state index in [2.05, 4.69) is 0 Å². The molecule has 2 unspecified atom stereocenters. The number of hydrogen-bond donors (Lipinski definition) is 1. The second-order valence-electron chi connectivity index (χ2n) is 2.12. The highest BCUT2D eigenvalue weighted by Gasteiger charge is 2.17. The van der Waals surface area contributed by atoms with E-state index in [1.165, 1.54) is 0 Å². The minimum absolute atomic E-state index is 0.0451. The summed E-state index contributed by atoms with van der Waals surface area (Å²) < 4.78 is 19.1. The van der Waals surface area contributed by atoms with E-state index < -0.39 is 11.1 Å². The van der Waals surface area contributed by atoms with Crippen molar-refractivity contribution in [3.8, 4) is 0 Å². The van der Waals surface area contributed by atoms with E-state index in [4.69, 9.17) is 4.55 Å². The van der Waals surface area contributed by atoms with Crippen LogP contribution in [-0.4, -0.2) is 25.5 Å². The maximum absolute atomic E-state index is 10.5. The summed E-state index contributed by atoms with van der Waals surface area (Å²) in [6, 6.07) is 0. The Morgan fingerprint density at radius 3 is 2.78 bits per heavy atom. The molecule has 0 aromatic carbocycles. The van der Waals surface area contributed by atoms with Crippen LogP contribution in [0, 0.1) is 0 Å². The van der Waals surface area contributed by atoms with Gasteiger partial charge in [0.2, 0.25) is 0 Å². The van der Waals surface area contributed by atoms with Crippen LogP contribution >= 0.6 is 11.8 Å². The lowest BCUT2D eigenvalue weighted by Gasteiger charge is -2.16.